The third-order valence-electron chi connectivity index (χ3n) is 4.96. The molecular weight excluding hydrogens is 406 g/mol. The summed E-state index contributed by atoms with van der Waals surface area (Å²) in [7, 11) is 0. The number of carbonyl (C=O) groups excluding carboxylic acids is 1. The minimum absolute atomic E-state index is 0.300. The van der Waals surface area contributed by atoms with Gasteiger partial charge in [-0.05, 0) is 36.8 Å². The van der Waals surface area contributed by atoms with E-state index in [1.54, 1.807) is 4.40 Å². The molecule has 1 N–H and O–H groups in total. The van der Waals surface area contributed by atoms with Crippen molar-refractivity contribution in [2.45, 2.75) is 6.92 Å². The number of hydrogen-bond donors (Lipinski definition) is 1. The highest BCUT2D eigenvalue weighted by molar-refractivity contribution is 7.07. The maximum atomic E-state index is 13.0. The molecule has 5 rings (SSSR count). The van der Waals surface area contributed by atoms with Crippen LogP contribution in [0.2, 0.25) is 0 Å². The Bertz CT molecular complexity index is 1430. The van der Waals surface area contributed by atoms with Crippen LogP contribution in [0.3, 0.4) is 0 Å². The van der Waals surface area contributed by atoms with Crippen molar-refractivity contribution in [3.63, 3.8) is 0 Å². The molecule has 0 fully saturated rings. The zero-order chi connectivity index (χ0) is 21.2. The molecule has 0 aliphatic heterocycles. The van der Waals surface area contributed by atoms with Crippen molar-refractivity contribution in [3.05, 3.63) is 107 Å². The molecule has 0 aliphatic rings. The summed E-state index contributed by atoms with van der Waals surface area (Å²) in [5.41, 5.74) is 7.65. The van der Waals surface area contributed by atoms with Crippen molar-refractivity contribution >= 4 is 22.9 Å². The molecule has 0 spiro atoms. The van der Waals surface area contributed by atoms with Crippen LogP contribution in [-0.4, -0.2) is 19.9 Å². The van der Waals surface area contributed by atoms with Crippen LogP contribution in [0.25, 0.3) is 22.6 Å². The van der Waals surface area contributed by atoms with E-state index >= 15 is 0 Å². The van der Waals surface area contributed by atoms with Crippen molar-refractivity contribution < 1.29 is 4.79 Å². The van der Waals surface area contributed by atoms with Gasteiger partial charge in [0.25, 0.3) is 5.91 Å². The SMILES string of the molecule is Cc1nc2ccccn2c1C(=O)N/N=c1/scc(-c2ccccc2)n1-c1ccccc1. The van der Waals surface area contributed by atoms with E-state index in [0.29, 0.717) is 16.2 Å². The first-order valence-electron chi connectivity index (χ1n) is 9.81. The quantitative estimate of drug-likeness (QED) is 0.434. The van der Waals surface area contributed by atoms with Gasteiger partial charge in [-0.3, -0.25) is 13.8 Å². The highest BCUT2D eigenvalue weighted by Gasteiger charge is 2.16. The summed E-state index contributed by atoms with van der Waals surface area (Å²) in [5, 5.41) is 6.52. The molecule has 3 aromatic heterocycles. The number of nitrogens with one attached hydrogen (secondary N) is 1. The highest BCUT2D eigenvalue weighted by atomic mass is 32.1. The molecule has 0 saturated carbocycles. The zero-order valence-corrected chi connectivity index (χ0v) is 17.6. The molecule has 152 valence electrons. The number of carbonyl (C=O) groups is 1. The lowest BCUT2D eigenvalue weighted by Crippen LogP contribution is -2.25. The Morgan fingerprint density at radius 1 is 0.968 bits per heavy atom. The Labute approximate surface area is 182 Å². The number of benzene rings is 2. The number of fused-ring (bicyclic) bond motifs is 1. The van der Waals surface area contributed by atoms with Crippen LogP contribution in [0.5, 0.6) is 0 Å². The highest BCUT2D eigenvalue weighted by Crippen LogP contribution is 2.23. The summed E-state index contributed by atoms with van der Waals surface area (Å²) >= 11 is 1.47. The van der Waals surface area contributed by atoms with Gasteiger partial charge in [-0.15, -0.1) is 16.4 Å². The van der Waals surface area contributed by atoms with Gasteiger partial charge < -0.3 is 0 Å². The number of pyridine rings is 1. The van der Waals surface area contributed by atoms with Gasteiger partial charge in [0.2, 0.25) is 4.80 Å². The summed E-state index contributed by atoms with van der Waals surface area (Å²) in [4.78, 5) is 18.1. The van der Waals surface area contributed by atoms with Crippen molar-refractivity contribution in [2.75, 3.05) is 0 Å². The third-order valence-corrected chi connectivity index (χ3v) is 5.79. The number of imidazole rings is 1. The molecule has 1 amide bonds. The Morgan fingerprint density at radius 3 is 2.45 bits per heavy atom. The standard InChI is InChI=1S/C24H19N5OS/c1-17-22(28-15-9-8-14-21(28)25-17)23(30)26-27-24-29(19-12-6-3-7-13-19)20(16-31-24)18-10-4-2-5-11-18/h2-16H,1H3,(H,26,30)/b27-24+. The number of rotatable bonds is 4. The molecule has 3 heterocycles. The molecule has 31 heavy (non-hydrogen) atoms. The zero-order valence-electron chi connectivity index (χ0n) is 16.8. The topological polar surface area (TPSA) is 63.7 Å². The fourth-order valence-electron chi connectivity index (χ4n) is 3.56. The summed E-state index contributed by atoms with van der Waals surface area (Å²) in [6.07, 6.45) is 1.83. The first-order valence-corrected chi connectivity index (χ1v) is 10.7. The molecule has 0 saturated heterocycles. The number of aromatic nitrogens is 3. The normalized spacial score (nSPS) is 11.7. The lowest BCUT2D eigenvalue weighted by molar-refractivity contribution is 0.0946. The first kappa shape index (κ1) is 19.0. The second kappa shape index (κ2) is 8.04. The third kappa shape index (κ3) is 3.55. The van der Waals surface area contributed by atoms with E-state index in [1.807, 2.05) is 89.8 Å². The largest absolute Gasteiger partial charge is 0.295 e. The molecule has 2 aromatic carbocycles. The van der Waals surface area contributed by atoms with Gasteiger partial charge in [0.1, 0.15) is 11.3 Å². The molecule has 6 nitrogen and oxygen atoms in total. The summed E-state index contributed by atoms with van der Waals surface area (Å²) < 4.78 is 3.82. The maximum absolute atomic E-state index is 13.0. The average molecular weight is 426 g/mol. The van der Waals surface area contributed by atoms with E-state index in [4.69, 9.17) is 0 Å². The maximum Gasteiger partial charge on any atom is 0.290 e. The van der Waals surface area contributed by atoms with E-state index in [2.05, 4.69) is 27.6 Å². The van der Waals surface area contributed by atoms with Crippen LogP contribution in [0.1, 0.15) is 16.2 Å². The van der Waals surface area contributed by atoms with Crippen LogP contribution in [0, 0.1) is 6.92 Å². The lowest BCUT2D eigenvalue weighted by Gasteiger charge is -2.09. The summed E-state index contributed by atoms with van der Waals surface area (Å²) in [6, 6.07) is 25.8. The van der Waals surface area contributed by atoms with Crippen molar-refractivity contribution in [2.24, 2.45) is 5.10 Å². The van der Waals surface area contributed by atoms with Gasteiger partial charge in [0.05, 0.1) is 11.4 Å². The fourth-order valence-corrected chi connectivity index (χ4v) is 4.43. The number of aryl methyl sites for hydroxylation is 1. The predicted molar refractivity (Wildman–Crippen MR) is 122 cm³/mol. The molecule has 0 aliphatic carbocycles. The number of amides is 1. The van der Waals surface area contributed by atoms with Crippen LogP contribution in [-0.2, 0) is 0 Å². The van der Waals surface area contributed by atoms with Gasteiger partial charge in [0, 0.05) is 17.3 Å². The fraction of sp³-hybridized carbons (Fsp3) is 0.0417. The number of thiazole rings is 1. The summed E-state index contributed by atoms with van der Waals surface area (Å²) in [5.74, 6) is -0.300. The Kier molecular flexibility index (Phi) is 4.93. The molecule has 0 unspecified atom stereocenters. The number of hydrogen-bond acceptors (Lipinski definition) is 4. The monoisotopic (exact) mass is 425 g/mol. The van der Waals surface area contributed by atoms with Crippen LogP contribution in [0.4, 0.5) is 0 Å². The number of para-hydroxylation sites is 1. The van der Waals surface area contributed by atoms with Gasteiger partial charge in [-0.2, -0.15) is 0 Å². The smallest absolute Gasteiger partial charge is 0.290 e. The van der Waals surface area contributed by atoms with Crippen molar-refractivity contribution in [3.8, 4) is 16.9 Å². The van der Waals surface area contributed by atoms with Crippen molar-refractivity contribution in [1.82, 2.24) is 19.4 Å². The Morgan fingerprint density at radius 2 is 1.68 bits per heavy atom. The molecule has 0 radical (unpaired) electrons. The van der Waals surface area contributed by atoms with Gasteiger partial charge >= 0.3 is 0 Å². The first-order chi connectivity index (χ1) is 15.2. The Hall–Kier alpha value is -3.97. The second-order valence-corrected chi connectivity index (χ2v) is 7.80. The Balaban J connectivity index is 1.58. The lowest BCUT2D eigenvalue weighted by atomic mass is 10.1. The minimum atomic E-state index is -0.300. The van der Waals surface area contributed by atoms with Crippen LogP contribution >= 0.6 is 11.3 Å². The minimum Gasteiger partial charge on any atom is -0.295 e. The van der Waals surface area contributed by atoms with E-state index in [9.17, 15) is 4.79 Å². The van der Waals surface area contributed by atoms with E-state index in [0.717, 1.165) is 22.6 Å². The average Bonchev–Trinajstić information content (AvgIpc) is 3.39. The van der Waals surface area contributed by atoms with E-state index in [-0.39, 0.29) is 5.91 Å². The van der Waals surface area contributed by atoms with Crippen LogP contribution < -0.4 is 10.2 Å². The van der Waals surface area contributed by atoms with Gasteiger partial charge in [0.15, 0.2) is 0 Å². The predicted octanol–water partition coefficient (Wildman–Crippen LogP) is 4.41. The second-order valence-electron chi connectivity index (χ2n) is 6.97. The van der Waals surface area contributed by atoms with Gasteiger partial charge in [-0.1, -0.05) is 54.6 Å². The molecular formula is C24H19N5OS. The van der Waals surface area contributed by atoms with E-state index < -0.39 is 0 Å². The number of nitrogens with zero attached hydrogens (tertiary/aromatic N) is 4. The van der Waals surface area contributed by atoms with Crippen molar-refractivity contribution in [1.29, 1.82) is 0 Å². The van der Waals surface area contributed by atoms with Crippen LogP contribution in [0.15, 0.2) is 95.5 Å². The molecule has 0 atom stereocenters. The molecule has 7 heteroatoms. The molecule has 5 aromatic rings. The van der Waals surface area contributed by atoms with E-state index in [1.165, 1.54) is 11.3 Å². The summed E-state index contributed by atoms with van der Waals surface area (Å²) in [6.45, 7) is 1.82. The van der Waals surface area contributed by atoms with Gasteiger partial charge in [-0.25, -0.2) is 10.4 Å². The molecule has 0 bridgehead atoms.